The zero-order chi connectivity index (χ0) is 22.9. The summed E-state index contributed by atoms with van der Waals surface area (Å²) in [5.41, 5.74) is 11.1. The molecule has 4 aromatic rings. The molecule has 7 nitrogen and oxygen atoms in total. The fourth-order valence-electron chi connectivity index (χ4n) is 4.28. The number of hydrogen-bond donors (Lipinski definition) is 2. The summed E-state index contributed by atoms with van der Waals surface area (Å²) in [6.07, 6.45) is 4.37. The van der Waals surface area contributed by atoms with Gasteiger partial charge in [-0.15, -0.1) is 11.8 Å². The third kappa shape index (κ3) is 4.60. The van der Waals surface area contributed by atoms with Crippen LogP contribution < -0.4 is 11.1 Å². The Labute approximate surface area is 202 Å². The summed E-state index contributed by atoms with van der Waals surface area (Å²) >= 11 is 8.06. The Morgan fingerprint density at radius 2 is 2.15 bits per heavy atom. The van der Waals surface area contributed by atoms with Crippen molar-refractivity contribution < 1.29 is 4.42 Å². The minimum absolute atomic E-state index is 0.137. The summed E-state index contributed by atoms with van der Waals surface area (Å²) in [4.78, 5) is 14.8. The van der Waals surface area contributed by atoms with Crippen molar-refractivity contribution in [2.75, 3.05) is 18.0 Å². The maximum atomic E-state index is 6.17. The number of fused-ring (bicyclic) bond motifs is 2. The zero-order valence-corrected chi connectivity index (χ0v) is 20.3. The summed E-state index contributed by atoms with van der Waals surface area (Å²) in [5.74, 6) is 3.19. The monoisotopic (exact) mass is 482 g/mol. The van der Waals surface area contributed by atoms with Crippen LogP contribution in [0.5, 0.6) is 0 Å². The van der Waals surface area contributed by atoms with Crippen molar-refractivity contribution in [3.63, 3.8) is 0 Å². The molecule has 0 aliphatic carbocycles. The first-order valence-corrected chi connectivity index (χ1v) is 12.6. The van der Waals surface area contributed by atoms with Gasteiger partial charge in [-0.25, -0.2) is 4.98 Å². The van der Waals surface area contributed by atoms with Crippen LogP contribution in [0.1, 0.15) is 37.2 Å². The number of imidazole rings is 1. The Hall–Kier alpha value is -2.55. The molecule has 5 rings (SSSR count). The third-order valence-electron chi connectivity index (χ3n) is 5.83. The van der Waals surface area contributed by atoms with Crippen molar-refractivity contribution in [3.8, 4) is 11.3 Å². The fourth-order valence-corrected chi connectivity index (χ4v) is 5.57. The second-order valence-electron chi connectivity index (χ2n) is 8.56. The van der Waals surface area contributed by atoms with Crippen molar-refractivity contribution in [2.24, 2.45) is 0 Å². The predicted octanol–water partition coefficient (Wildman–Crippen LogP) is 4.95. The first-order valence-electron chi connectivity index (χ1n) is 11.2. The smallest absolute Gasteiger partial charge is 0.226 e. The molecule has 0 unspecified atom stereocenters. The number of nitrogens with two attached hydrogens (primary N) is 1. The number of thioether (sulfide) groups is 1. The maximum absolute atomic E-state index is 6.17. The van der Waals surface area contributed by atoms with E-state index in [2.05, 4.69) is 45.8 Å². The molecule has 0 saturated heterocycles. The molecule has 1 aliphatic rings. The van der Waals surface area contributed by atoms with Crippen LogP contribution in [0.4, 0.5) is 5.82 Å². The van der Waals surface area contributed by atoms with Gasteiger partial charge >= 0.3 is 0 Å². The number of halogens is 1. The molecule has 33 heavy (non-hydrogen) atoms. The molecule has 0 bridgehead atoms. The van der Waals surface area contributed by atoms with E-state index in [1.807, 2.05) is 23.9 Å². The Kier molecular flexibility index (Phi) is 6.32. The number of rotatable bonds is 8. The Bertz CT molecular complexity index is 1280. The molecule has 3 aromatic heterocycles. The van der Waals surface area contributed by atoms with Gasteiger partial charge in [0.25, 0.3) is 0 Å². The lowest BCUT2D eigenvalue weighted by molar-refractivity contribution is 0.533. The topological polar surface area (TPSA) is 94.8 Å². The van der Waals surface area contributed by atoms with E-state index in [1.54, 1.807) is 6.26 Å². The van der Waals surface area contributed by atoms with Crippen LogP contribution in [0.3, 0.4) is 0 Å². The second-order valence-corrected chi connectivity index (χ2v) is 10.0. The van der Waals surface area contributed by atoms with Gasteiger partial charge in [0.15, 0.2) is 17.0 Å². The summed E-state index contributed by atoms with van der Waals surface area (Å²) in [6, 6.07) is 8.94. The number of nitrogen functional groups attached to an aromatic ring is 1. The van der Waals surface area contributed by atoms with Crippen LogP contribution in [-0.4, -0.2) is 37.9 Å². The average Bonchev–Trinajstić information content (AvgIpc) is 3.51. The van der Waals surface area contributed by atoms with Gasteiger partial charge in [-0.1, -0.05) is 13.8 Å². The SMILES string of the molecule is CC(C)NCCCn1c(Cc2cc3c(cc2-c2ccco2)CCS3)nc2c(N)nc(Cl)nc21. The van der Waals surface area contributed by atoms with Crippen LogP contribution in [0.15, 0.2) is 39.8 Å². The summed E-state index contributed by atoms with van der Waals surface area (Å²) in [7, 11) is 0. The van der Waals surface area contributed by atoms with E-state index in [9.17, 15) is 0 Å². The van der Waals surface area contributed by atoms with Crippen molar-refractivity contribution in [1.29, 1.82) is 0 Å². The van der Waals surface area contributed by atoms with Crippen LogP contribution in [0, 0.1) is 0 Å². The quantitative estimate of drug-likeness (QED) is 0.271. The first-order chi connectivity index (χ1) is 16.0. The van der Waals surface area contributed by atoms with Crippen LogP contribution in [-0.2, 0) is 19.4 Å². The molecule has 0 fully saturated rings. The number of aromatic nitrogens is 4. The molecule has 0 saturated carbocycles. The number of nitrogens with one attached hydrogen (secondary N) is 1. The van der Waals surface area contributed by atoms with Gasteiger partial charge in [-0.2, -0.15) is 9.97 Å². The normalized spacial score (nSPS) is 13.3. The highest BCUT2D eigenvalue weighted by Crippen LogP contribution is 2.38. The summed E-state index contributed by atoms with van der Waals surface area (Å²) in [6.45, 7) is 5.95. The Morgan fingerprint density at radius 3 is 2.94 bits per heavy atom. The number of nitrogens with zero attached hydrogens (tertiary/aromatic N) is 4. The molecular weight excluding hydrogens is 456 g/mol. The molecule has 172 valence electrons. The average molecular weight is 483 g/mol. The van der Waals surface area contributed by atoms with Gasteiger partial charge in [0.2, 0.25) is 5.28 Å². The molecule has 0 spiro atoms. The van der Waals surface area contributed by atoms with Gasteiger partial charge in [0.05, 0.1) is 6.26 Å². The molecule has 1 aromatic carbocycles. The number of furan rings is 1. The zero-order valence-electron chi connectivity index (χ0n) is 18.8. The van der Waals surface area contributed by atoms with Gasteiger partial charge in [-0.05, 0) is 66.4 Å². The number of hydrogen-bond acceptors (Lipinski definition) is 7. The van der Waals surface area contributed by atoms with Crippen molar-refractivity contribution in [1.82, 2.24) is 24.8 Å². The summed E-state index contributed by atoms with van der Waals surface area (Å²) in [5, 5.41) is 3.61. The van der Waals surface area contributed by atoms with Crippen molar-refractivity contribution in [3.05, 3.63) is 52.8 Å². The van der Waals surface area contributed by atoms with Crippen molar-refractivity contribution in [2.45, 2.75) is 50.6 Å². The fraction of sp³-hybridized carbons (Fsp3) is 0.375. The maximum Gasteiger partial charge on any atom is 0.226 e. The highest BCUT2D eigenvalue weighted by atomic mass is 35.5. The van der Waals surface area contributed by atoms with Crippen molar-refractivity contribution >= 4 is 40.3 Å². The first kappa shape index (κ1) is 22.3. The number of benzene rings is 1. The van der Waals surface area contributed by atoms with E-state index >= 15 is 0 Å². The summed E-state index contributed by atoms with van der Waals surface area (Å²) < 4.78 is 7.91. The van der Waals surface area contributed by atoms with E-state index in [4.69, 9.17) is 26.7 Å². The lowest BCUT2D eigenvalue weighted by atomic mass is 9.98. The van der Waals surface area contributed by atoms with Gasteiger partial charge < -0.3 is 20.0 Å². The molecule has 9 heteroatoms. The predicted molar refractivity (Wildman–Crippen MR) is 134 cm³/mol. The lowest BCUT2D eigenvalue weighted by Crippen LogP contribution is -2.24. The van der Waals surface area contributed by atoms with Gasteiger partial charge in [0.1, 0.15) is 11.6 Å². The Morgan fingerprint density at radius 1 is 1.27 bits per heavy atom. The minimum atomic E-state index is 0.137. The van der Waals surface area contributed by atoms with E-state index in [0.29, 0.717) is 29.4 Å². The van der Waals surface area contributed by atoms with Gasteiger partial charge in [0, 0.05) is 35.2 Å². The molecule has 1 aliphatic heterocycles. The van der Waals surface area contributed by atoms with E-state index in [-0.39, 0.29) is 5.28 Å². The van der Waals surface area contributed by atoms with E-state index in [1.165, 1.54) is 16.0 Å². The molecule has 0 atom stereocenters. The van der Waals surface area contributed by atoms with E-state index < -0.39 is 0 Å². The number of aryl methyl sites for hydroxylation is 2. The van der Waals surface area contributed by atoms with Crippen LogP contribution in [0.2, 0.25) is 5.28 Å². The molecule has 0 radical (unpaired) electrons. The third-order valence-corrected chi connectivity index (χ3v) is 7.10. The molecule has 4 heterocycles. The highest BCUT2D eigenvalue weighted by molar-refractivity contribution is 7.99. The minimum Gasteiger partial charge on any atom is -0.464 e. The van der Waals surface area contributed by atoms with E-state index in [0.717, 1.165) is 48.8 Å². The van der Waals surface area contributed by atoms with Crippen LogP contribution >= 0.6 is 23.4 Å². The van der Waals surface area contributed by atoms with Crippen LogP contribution in [0.25, 0.3) is 22.5 Å². The second kappa shape index (κ2) is 9.37. The highest BCUT2D eigenvalue weighted by Gasteiger charge is 2.21. The largest absolute Gasteiger partial charge is 0.464 e. The number of anilines is 1. The molecule has 3 N–H and O–H groups in total. The molecule has 0 amide bonds. The lowest BCUT2D eigenvalue weighted by Gasteiger charge is -2.13. The van der Waals surface area contributed by atoms with Gasteiger partial charge in [-0.3, -0.25) is 0 Å². The Balaban J connectivity index is 1.56. The molecular formula is C24H27ClN6OS. The standard InChI is InChI=1S/C24H27ClN6OS/c1-14(2)27-7-4-8-31-20(28-21-22(26)29-24(25)30-23(21)31)13-16-12-19-15(6-10-33-19)11-17(16)18-5-3-9-32-18/h3,5,9,11-12,14,27H,4,6-8,10,13H2,1-2H3,(H2,26,29,30).